The van der Waals surface area contributed by atoms with Crippen LogP contribution in [0, 0.1) is 11.8 Å². The van der Waals surface area contributed by atoms with Gasteiger partial charge in [-0.3, -0.25) is 4.79 Å². The number of nitrogens with zero attached hydrogens (tertiary/aromatic N) is 1. The highest BCUT2D eigenvalue weighted by Gasteiger charge is 2.39. The third-order valence-electron chi connectivity index (χ3n) is 3.66. The Morgan fingerprint density at radius 3 is 2.86 bits per heavy atom. The molecule has 1 amide bonds. The number of amides is 1. The lowest BCUT2D eigenvalue weighted by Crippen LogP contribution is -2.38. The van der Waals surface area contributed by atoms with E-state index in [0.717, 1.165) is 12.5 Å². The van der Waals surface area contributed by atoms with Crippen LogP contribution >= 0.6 is 0 Å². The largest absolute Gasteiger partial charge is 0.339 e. The molecular weight excluding hydrogens is 176 g/mol. The van der Waals surface area contributed by atoms with Gasteiger partial charge in [0.05, 0.1) is 0 Å². The molecule has 14 heavy (non-hydrogen) atoms. The van der Waals surface area contributed by atoms with E-state index in [-0.39, 0.29) is 0 Å². The van der Waals surface area contributed by atoms with Gasteiger partial charge >= 0.3 is 0 Å². The van der Waals surface area contributed by atoms with Gasteiger partial charge in [0, 0.05) is 19.0 Å². The molecule has 3 heteroatoms. The Kier molecular flexibility index (Phi) is 2.77. The molecule has 0 aromatic rings. The number of carbonyl (C=O) groups is 1. The second-order valence-corrected chi connectivity index (χ2v) is 4.92. The van der Waals surface area contributed by atoms with Gasteiger partial charge in [-0.05, 0) is 37.6 Å². The first-order chi connectivity index (χ1) is 6.70. The highest BCUT2D eigenvalue weighted by molar-refractivity contribution is 5.77. The van der Waals surface area contributed by atoms with Crippen molar-refractivity contribution in [1.82, 2.24) is 4.90 Å². The highest BCUT2D eigenvalue weighted by atomic mass is 16.2. The third kappa shape index (κ3) is 1.78. The van der Waals surface area contributed by atoms with Crippen LogP contribution in [-0.2, 0) is 4.79 Å². The van der Waals surface area contributed by atoms with Crippen LogP contribution in [0.25, 0.3) is 0 Å². The summed E-state index contributed by atoms with van der Waals surface area (Å²) < 4.78 is 0. The van der Waals surface area contributed by atoms with Crippen LogP contribution in [0.5, 0.6) is 0 Å². The van der Waals surface area contributed by atoms with Gasteiger partial charge in [0.1, 0.15) is 0 Å². The van der Waals surface area contributed by atoms with Gasteiger partial charge in [-0.2, -0.15) is 0 Å². The first-order valence-corrected chi connectivity index (χ1v) is 5.70. The monoisotopic (exact) mass is 196 g/mol. The molecule has 3 unspecified atom stereocenters. The van der Waals surface area contributed by atoms with E-state index in [1.54, 1.807) is 0 Å². The van der Waals surface area contributed by atoms with Crippen molar-refractivity contribution in [2.24, 2.45) is 17.6 Å². The predicted molar refractivity (Wildman–Crippen MR) is 55.7 cm³/mol. The molecule has 1 aliphatic heterocycles. The summed E-state index contributed by atoms with van der Waals surface area (Å²) in [6, 6.07) is 0.567. The zero-order valence-electron chi connectivity index (χ0n) is 8.91. The summed E-state index contributed by atoms with van der Waals surface area (Å²) in [7, 11) is 0. The Labute approximate surface area is 85.6 Å². The maximum Gasteiger partial charge on any atom is 0.223 e. The van der Waals surface area contributed by atoms with Gasteiger partial charge in [0.15, 0.2) is 0 Å². The summed E-state index contributed by atoms with van der Waals surface area (Å²) >= 11 is 0. The Hall–Kier alpha value is -0.570. The van der Waals surface area contributed by atoms with Crippen LogP contribution < -0.4 is 5.73 Å². The molecule has 1 aliphatic carbocycles. The summed E-state index contributed by atoms with van der Waals surface area (Å²) in [5.74, 6) is 1.47. The number of likely N-dealkylation sites (tertiary alicyclic amines) is 1. The summed E-state index contributed by atoms with van der Waals surface area (Å²) in [4.78, 5) is 14.0. The van der Waals surface area contributed by atoms with Crippen molar-refractivity contribution < 1.29 is 4.79 Å². The molecule has 2 aliphatic rings. The first kappa shape index (κ1) is 9.97. The van der Waals surface area contributed by atoms with Crippen LogP contribution in [0.3, 0.4) is 0 Å². The van der Waals surface area contributed by atoms with Gasteiger partial charge in [0.25, 0.3) is 0 Å². The smallest absolute Gasteiger partial charge is 0.223 e. The first-order valence-electron chi connectivity index (χ1n) is 5.70. The van der Waals surface area contributed by atoms with E-state index in [1.165, 1.54) is 19.3 Å². The zero-order valence-corrected chi connectivity index (χ0v) is 8.91. The Morgan fingerprint density at radius 2 is 2.36 bits per heavy atom. The number of hydrogen-bond acceptors (Lipinski definition) is 2. The normalized spacial score (nSPS) is 32.3. The van der Waals surface area contributed by atoms with Crippen molar-refractivity contribution in [2.75, 3.05) is 13.1 Å². The quantitative estimate of drug-likeness (QED) is 0.731. The maximum absolute atomic E-state index is 11.9. The minimum Gasteiger partial charge on any atom is -0.339 e. The minimum absolute atomic E-state index is 0.329. The van der Waals surface area contributed by atoms with Crippen LogP contribution in [0.4, 0.5) is 0 Å². The van der Waals surface area contributed by atoms with Crippen molar-refractivity contribution in [3.63, 3.8) is 0 Å². The number of carbonyl (C=O) groups excluding carboxylic acids is 1. The van der Waals surface area contributed by atoms with Gasteiger partial charge in [-0.1, -0.05) is 6.92 Å². The predicted octanol–water partition coefficient (Wildman–Crippen LogP) is 0.982. The second kappa shape index (κ2) is 3.89. The standard InChI is InChI=1S/C11H20N2O/c1-8(6-12)4-11(14)13-7-9-2-3-10(13)5-9/h8-10H,2-7,12H2,1H3. The molecule has 1 saturated carbocycles. The van der Waals surface area contributed by atoms with E-state index < -0.39 is 0 Å². The van der Waals surface area contributed by atoms with E-state index in [2.05, 4.69) is 4.90 Å². The molecule has 2 N–H and O–H groups in total. The minimum atomic E-state index is 0.329. The topological polar surface area (TPSA) is 46.3 Å². The number of rotatable bonds is 3. The van der Waals surface area contributed by atoms with Crippen molar-refractivity contribution >= 4 is 5.91 Å². The number of fused-ring (bicyclic) bond motifs is 2. The molecule has 2 rings (SSSR count). The molecule has 1 heterocycles. The molecular formula is C11H20N2O. The van der Waals surface area contributed by atoms with Crippen molar-refractivity contribution in [3.05, 3.63) is 0 Å². The molecule has 0 spiro atoms. The van der Waals surface area contributed by atoms with Crippen molar-refractivity contribution in [1.29, 1.82) is 0 Å². The molecule has 2 fully saturated rings. The number of hydrogen-bond donors (Lipinski definition) is 1. The maximum atomic E-state index is 11.9. The summed E-state index contributed by atoms with van der Waals surface area (Å²) in [6.45, 7) is 3.68. The molecule has 0 aromatic carbocycles. The van der Waals surface area contributed by atoms with E-state index in [9.17, 15) is 4.79 Å². The molecule has 80 valence electrons. The van der Waals surface area contributed by atoms with Crippen LogP contribution in [0.15, 0.2) is 0 Å². The number of piperidine rings is 1. The Morgan fingerprint density at radius 1 is 1.57 bits per heavy atom. The van der Waals surface area contributed by atoms with Crippen LogP contribution in [0.1, 0.15) is 32.6 Å². The molecule has 2 bridgehead atoms. The fourth-order valence-corrected chi connectivity index (χ4v) is 2.73. The molecule has 3 nitrogen and oxygen atoms in total. The van der Waals surface area contributed by atoms with E-state index in [0.29, 0.717) is 30.8 Å². The average Bonchev–Trinajstić information content (AvgIpc) is 2.78. The molecule has 0 radical (unpaired) electrons. The molecule has 3 atom stereocenters. The zero-order chi connectivity index (χ0) is 10.1. The lowest BCUT2D eigenvalue weighted by atomic mass is 10.1. The SMILES string of the molecule is CC(CN)CC(=O)N1CC2CCC1C2. The molecule has 1 saturated heterocycles. The lowest BCUT2D eigenvalue weighted by Gasteiger charge is -2.27. The van der Waals surface area contributed by atoms with E-state index >= 15 is 0 Å². The van der Waals surface area contributed by atoms with Gasteiger partial charge in [-0.25, -0.2) is 0 Å². The Balaban J connectivity index is 1.87. The highest BCUT2D eigenvalue weighted by Crippen LogP contribution is 2.37. The van der Waals surface area contributed by atoms with Crippen molar-refractivity contribution in [3.8, 4) is 0 Å². The summed E-state index contributed by atoms with van der Waals surface area (Å²) in [6.07, 6.45) is 4.46. The van der Waals surface area contributed by atoms with Gasteiger partial charge in [-0.15, -0.1) is 0 Å². The Bertz CT molecular complexity index is 229. The second-order valence-electron chi connectivity index (χ2n) is 4.92. The lowest BCUT2D eigenvalue weighted by molar-refractivity contribution is -0.133. The average molecular weight is 196 g/mol. The third-order valence-corrected chi connectivity index (χ3v) is 3.66. The van der Waals surface area contributed by atoms with Crippen LogP contribution in [0.2, 0.25) is 0 Å². The van der Waals surface area contributed by atoms with Gasteiger partial charge in [0.2, 0.25) is 5.91 Å². The van der Waals surface area contributed by atoms with Crippen LogP contribution in [-0.4, -0.2) is 29.9 Å². The fourth-order valence-electron chi connectivity index (χ4n) is 2.73. The van der Waals surface area contributed by atoms with Crippen molar-refractivity contribution in [2.45, 2.75) is 38.6 Å². The van der Waals surface area contributed by atoms with E-state index in [4.69, 9.17) is 5.73 Å². The summed E-state index contributed by atoms with van der Waals surface area (Å²) in [5, 5.41) is 0. The van der Waals surface area contributed by atoms with E-state index in [1.807, 2.05) is 6.92 Å². The molecule has 0 aromatic heterocycles. The summed E-state index contributed by atoms with van der Waals surface area (Å²) in [5.41, 5.74) is 5.52. The van der Waals surface area contributed by atoms with Gasteiger partial charge < -0.3 is 10.6 Å². The fraction of sp³-hybridized carbons (Fsp3) is 0.909. The number of nitrogens with two attached hydrogens (primary N) is 1.